The van der Waals surface area contributed by atoms with Crippen LogP contribution in [0.4, 0.5) is 35.9 Å². The van der Waals surface area contributed by atoms with Gasteiger partial charge in [-0.25, -0.2) is 0 Å². The molecule has 0 saturated carbocycles. The summed E-state index contributed by atoms with van der Waals surface area (Å²) >= 11 is 0. The van der Waals surface area contributed by atoms with E-state index in [9.17, 15) is 18.0 Å². The zero-order valence-corrected chi connectivity index (χ0v) is 10.1. The van der Waals surface area contributed by atoms with Gasteiger partial charge < -0.3 is 5.32 Å². The molecule has 0 spiro atoms. The number of alkyl halides is 3. The SMILES string of the molecule is O=C(N1c2ccccc2Nc2ccccc21)C(F)(F)F. The number of para-hydroxylation sites is 4. The summed E-state index contributed by atoms with van der Waals surface area (Å²) in [6.45, 7) is 0. The monoisotopic (exact) mass is 278 g/mol. The Labute approximate surface area is 112 Å². The number of anilines is 4. The molecule has 0 aromatic heterocycles. The highest BCUT2D eigenvalue weighted by Crippen LogP contribution is 2.44. The van der Waals surface area contributed by atoms with Crippen molar-refractivity contribution in [3.63, 3.8) is 0 Å². The van der Waals surface area contributed by atoms with Crippen LogP contribution in [0.15, 0.2) is 48.5 Å². The smallest absolute Gasteiger partial charge is 0.352 e. The zero-order valence-electron chi connectivity index (χ0n) is 10.1. The molecule has 0 bridgehead atoms. The third kappa shape index (κ3) is 1.89. The summed E-state index contributed by atoms with van der Waals surface area (Å²) in [5.41, 5.74) is 1.30. The molecule has 0 unspecified atom stereocenters. The summed E-state index contributed by atoms with van der Waals surface area (Å²) in [6, 6.07) is 12.8. The molecule has 1 amide bonds. The topological polar surface area (TPSA) is 32.3 Å². The highest BCUT2D eigenvalue weighted by atomic mass is 19.4. The molecule has 2 aromatic rings. The second kappa shape index (κ2) is 4.26. The van der Waals surface area contributed by atoms with Crippen molar-refractivity contribution in [3.05, 3.63) is 48.5 Å². The maximum atomic E-state index is 12.8. The van der Waals surface area contributed by atoms with Gasteiger partial charge in [0.1, 0.15) is 0 Å². The largest absolute Gasteiger partial charge is 0.472 e. The van der Waals surface area contributed by atoms with E-state index in [1.807, 2.05) is 0 Å². The molecule has 102 valence electrons. The first-order chi connectivity index (χ1) is 9.48. The van der Waals surface area contributed by atoms with Crippen LogP contribution in [0.2, 0.25) is 0 Å². The lowest BCUT2D eigenvalue weighted by molar-refractivity contribution is -0.169. The van der Waals surface area contributed by atoms with E-state index >= 15 is 0 Å². The predicted molar refractivity (Wildman–Crippen MR) is 69.4 cm³/mol. The van der Waals surface area contributed by atoms with Crippen LogP contribution in [0.5, 0.6) is 0 Å². The summed E-state index contributed by atoms with van der Waals surface area (Å²) in [5, 5.41) is 3.02. The quantitative estimate of drug-likeness (QED) is 0.790. The van der Waals surface area contributed by atoms with Crippen LogP contribution in [-0.4, -0.2) is 12.1 Å². The van der Waals surface area contributed by atoms with E-state index in [1.54, 1.807) is 36.4 Å². The Morgan fingerprint density at radius 2 is 1.35 bits per heavy atom. The molecule has 0 aliphatic carbocycles. The molecule has 0 atom stereocenters. The highest BCUT2D eigenvalue weighted by Gasteiger charge is 2.45. The third-order valence-electron chi connectivity index (χ3n) is 3.00. The van der Waals surface area contributed by atoms with Crippen molar-refractivity contribution in [2.24, 2.45) is 0 Å². The minimum Gasteiger partial charge on any atom is -0.352 e. The van der Waals surface area contributed by atoms with Crippen molar-refractivity contribution in [3.8, 4) is 0 Å². The normalized spacial score (nSPS) is 13.2. The standard InChI is InChI=1S/C14H9F3N2O/c15-14(16,17)13(20)19-11-7-3-1-5-9(11)18-10-6-2-4-8-12(10)19/h1-8,18H. The molecule has 1 heterocycles. The average Bonchev–Trinajstić information content (AvgIpc) is 2.43. The van der Waals surface area contributed by atoms with Crippen molar-refractivity contribution >= 4 is 28.7 Å². The molecule has 3 rings (SSSR count). The highest BCUT2D eigenvalue weighted by molar-refractivity contribution is 6.11. The Kier molecular flexibility index (Phi) is 2.67. The van der Waals surface area contributed by atoms with Gasteiger partial charge in [-0.15, -0.1) is 0 Å². The van der Waals surface area contributed by atoms with Crippen molar-refractivity contribution in [2.75, 3.05) is 10.2 Å². The van der Waals surface area contributed by atoms with Crippen LogP contribution in [0, 0.1) is 0 Å². The Bertz CT molecular complexity index is 637. The van der Waals surface area contributed by atoms with Gasteiger partial charge in [-0.1, -0.05) is 24.3 Å². The van der Waals surface area contributed by atoms with Gasteiger partial charge in [0.15, 0.2) is 0 Å². The van der Waals surface area contributed by atoms with E-state index in [2.05, 4.69) is 5.32 Å². The summed E-state index contributed by atoms with van der Waals surface area (Å²) < 4.78 is 38.4. The van der Waals surface area contributed by atoms with E-state index in [1.165, 1.54) is 12.1 Å². The molecule has 3 nitrogen and oxygen atoms in total. The number of carbonyl (C=O) groups excluding carboxylic acids is 1. The van der Waals surface area contributed by atoms with E-state index in [4.69, 9.17) is 0 Å². The molecule has 0 saturated heterocycles. The molecule has 0 radical (unpaired) electrons. The molecule has 2 aromatic carbocycles. The maximum Gasteiger partial charge on any atom is 0.472 e. The lowest BCUT2D eigenvalue weighted by Gasteiger charge is -2.32. The predicted octanol–water partition coefficient (Wildman–Crippen LogP) is 3.97. The van der Waals surface area contributed by atoms with Crippen molar-refractivity contribution in [1.29, 1.82) is 0 Å². The van der Waals surface area contributed by atoms with E-state index in [0.29, 0.717) is 16.3 Å². The number of fused-ring (bicyclic) bond motifs is 2. The first-order valence-electron chi connectivity index (χ1n) is 5.85. The molecule has 1 aliphatic rings. The first-order valence-corrected chi connectivity index (χ1v) is 5.85. The fraction of sp³-hybridized carbons (Fsp3) is 0.0714. The molecule has 0 fully saturated rings. The van der Waals surface area contributed by atoms with E-state index in [-0.39, 0.29) is 11.4 Å². The minimum absolute atomic E-state index is 0.188. The van der Waals surface area contributed by atoms with Crippen molar-refractivity contribution in [2.45, 2.75) is 6.18 Å². The van der Waals surface area contributed by atoms with Crippen LogP contribution in [0.3, 0.4) is 0 Å². The fourth-order valence-electron chi connectivity index (χ4n) is 2.17. The lowest BCUT2D eigenvalue weighted by Crippen LogP contribution is -2.39. The third-order valence-corrected chi connectivity index (χ3v) is 3.00. The summed E-state index contributed by atoms with van der Waals surface area (Å²) in [4.78, 5) is 12.4. The van der Waals surface area contributed by atoms with Gasteiger partial charge in [-0.3, -0.25) is 9.69 Å². The van der Waals surface area contributed by atoms with E-state index in [0.717, 1.165) is 0 Å². The summed E-state index contributed by atoms with van der Waals surface area (Å²) in [7, 11) is 0. The average molecular weight is 278 g/mol. The Morgan fingerprint density at radius 3 is 1.80 bits per heavy atom. The van der Waals surface area contributed by atoms with Gasteiger partial charge in [0.25, 0.3) is 0 Å². The van der Waals surface area contributed by atoms with Crippen molar-refractivity contribution < 1.29 is 18.0 Å². The van der Waals surface area contributed by atoms with Crippen LogP contribution >= 0.6 is 0 Å². The van der Waals surface area contributed by atoms with Gasteiger partial charge in [-0.05, 0) is 24.3 Å². The number of nitrogens with zero attached hydrogens (tertiary/aromatic N) is 1. The number of benzene rings is 2. The first kappa shape index (κ1) is 12.5. The molecule has 1 aliphatic heterocycles. The molecular weight excluding hydrogens is 269 g/mol. The number of hydrogen-bond donors (Lipinski definition) is 1. The maximum absolute atomic E-state index is 12.8. The van der Waals surface area contributed by atoms with Gasteiger partial charge in [0, 0.05) is 0 Å². The number of hydrogen-bond acceptors (Lipinski definition) is 2. The fourth-order valence-corrected chi connectivity index (χ4v) is 2.17. The van der Waals surface area contributed by atoms with Crippen molar-refractivity contribution in [1.82, 2.24) is 0 Å². The molecule has 20 heavy (non-hydrogen) atoms. The number of carbonyl (C=O) groups is 1. The van der Waals surface area contributed by atoms with Gasteiger partial charge in [0.05, 0.1) is 22.7 Å². The van der Waals surface area contributed by atoms with Gasteiger partial charge >= 0.3 is 12.1 Å². The molecule has 6 heteroatoms. The number of rotatable bonds is 0. The Hall–Kier alpha value is -2.50. The second-order valence-electron chi connectivity index (χ2n) is 4.30. The van der Waals surface area contributed by atoms with Crippen LogP contribution in [-0.2, 0) is 4.79 Å². The second-order valence-corrected chi connectivity index (χ2v) is 4.30. The molecule has 1 N–H and O–H groups in total. The minimum atomic E-state index is -4.93. The molecular formula is C14H9F3N2O. The van der Waals surface area contributed by atoms with Crippen LogP contribution < -0.4 is 10.2 Å². The Morgan fingerprint density at radius 1 is 0.900 bits per heavy atom. The van der Waals surface area contributed by atoms with E-state index < -0.39 is 12.1 Å². The summed E-state index contributed by atoms with van der Waals surface area (Å²) in [6.07, 6.45) is -4.93. The zero-order chi connectivity index (χ0) is 14.3. The van der Waals surface area contributed by atoms with Gasteiger partial charge in [0.2, 0.25) is 0 Å². The summed E-state index contributed by atoms with van der Waals surface area (Å²) in [5.74, 6) is -1.90. The number of nitrogens with one attached hydrogen (secondary N) is 1. The van der Waals surface area contributed by atoms with Crippen LogP contribution in [0.25, 0.3) is 0 Å². The number of amides is 1. The lowest BCUT2D eigenvalue weighted by atomic mass is 10.1. The van der Waals surface area contributed by atoms with Gasteiger partial charge in [-0.2, -0.15) is 13.2 Å². The Balaban J connectivity index is 2.20. The number of halogens is 3. The van der Waals surface area contributed by atoms with Crippen LogP contribution in [0.1, 0.15) is 0 Å².